The van der Waals surface area contributed by atoms with Gasteiger partial charge in [0, 0.05) is 22.0 Å². The first-order chi connectivity index (χ1) is 11.7. The molecule has 0 saturated heterocycles. The second kappa shape index (κ2) is 5.64. The lowest BCUT2D eigenvalue weighted by Crippen LogP contribution is -2.09. The summed E-state index contributed by atoms with van der Waals surface area (Å²) in [6.07, 6.45) is 0.888. The van der Waals surface area contributed by atoms with Gasteiger partial charge in [0.25, 0.3) is 0 Å². The maximum absolute atomic E-state index is 13.3. The van der Waals surface area contributed by atoms with Crippen molar-refractivity contribution in [2.24, 2.45) is 0 Å². The molecule has 0 amide bonds. The van der Waals surface area contributed by atoms with Crippen LogP contribution in [0.1, 0.15) is 34.2 Å². The number of aromatic nitrogens is 1. The highest BCUT2D eigenvalue weighted by Crippen LogP contribution is 2.31. The van der Waals surface area contributed by atoms with Crippen LogP contribution in [-0.2, 0) is 6.42 Å². The summed E-state index contributed by atoms with van der Waals surface area (Å²) in [5.74, 6) is 0.0760. The van der Waals surface area contributed by atoms with Gasteiger partial charge in [-0.15, -0.1) is 0 Å². The van der Waals surface area contributed by atoms with Crippen molar-refractivity contribution >= 4 is 22.1 Å². The van der Waals surface area contributed by atoms with Crippen molar-refractivity contribution in [1.29, 1.82) is 0 Å². The minimum atomic E-state index is 0.0760. The van der Waals surface area contributed by atoms with Crippen LogP contribution < -0.4 is 0 Å². The smallest absolute Gasteiger partial charge is 0.210 e. The fourth-order valence-electron chi connectivity index (χ4n) is 3.58. The van der Waals surface area contributed by atoms with Gasteiger partial charge in [0.05, 0.1) is 5.52 Å². The van der Waals surface area contributed by atoms with E-state index in [4.69, 9.17) is 0 Å². The number of hydrogen-bond donors (Lipinski definition) is 0. The number of ketones is 1. The third-order valence-corrected chi connectivity index (χ3v) is 4.72. The summed E-state index contributed by atoms with van der Waals surface area (Å²) in [6.45, 7) is 4.25. The number of nitrogens with zero attached hydrogens (tertiary/aromatic N) is 1. The Morgan fingerprint density at radius 3 is 2.25 bits per heavy atom. The Balaban J connectivity index is 2.16. The molecule has 4 aromatic rings. The molecule has 0 spiro atoms. The molecule has 2 heteroatoms. The molecule has 118 valence electrons. The van der Waals surface area contributed by atoms with E-state index >= 15 is 0 Å². The Hall–Kier alpha value is -2.87. The van der Waals surface area contributed by atoms with Gasteiger partial charge in [0.2, 0.25) is 5.78 Å². The zero-order valence-electron chi connectivity index (χ0n) is 13.9. The summed E-state index contributed by atoms with van der Waals surface area (Å²) in [6, 6.07) is 22.0. The Morgan fingerprint density at radius 1 is 0.875 bits per heavy atom. The molecule has 2 nitrogen and oxygen atoms in total. The molecule has 0 aliphatic heterocycles. The molecule has 0 unspecified atom stereocenters. The maximum atomic E-state index is 13.3. The van der Waals surface area contributed by atoms with Crippen LogP contribution in [0, 0.1) is 6.92 Å². The molecular weight excluding hydrogens is 294 g/mol. The highest BCUT2D eigenvalue weighted by molar-refractivity contribution is 6.19. The van der Waals surface area contributed by atoms with E-state index in [1.165, 1.54) is 11.3 Å². The lowest BCUT2D eigenvalue weighted by molar-refractivity contribution is 0.103. The molecule has 2 heterocycles. The molecule has 0 radical (unpaired) electrons. The van der Waals surface area contributed by atoms with E-state index in [2.05, 4.69) is 36.4 Å². The van der Waals surface area contributed by atoms with Gasteiger partial charge >= 0.3 is 0 Å². The number of rotatable bonds is 3. The number of fused-ring (bicyclic) bond motifs is 3. The topological polar surface area (TPSA) is 21.5 Å². The predicted octanol–water partition coefficient (Wildman–Crippen LogP) is 5.19. The molecule has 0 fully saturated rings. The highest BCUT2D eigenvalue weighted by atomic mass is 16.1. The molecule has 0 aliphatic carbocycles. The Morgan fingerprint density at radius 2 is 1.54 bits per heavy atom. The first-order valence-electron chi connectivity index (χ1n) is 8.33. The predicted molar refractivity (Wildman–Crippen MR) is 98.9 cm³/mol. The van der Waals surface area contributed by atoms with Crippen LogP contribution in [0.3, 0.4) is 0 Å². The van der Waals surface area contributed by atoms with E-state index in [0.29, 0.717) is 0 Å². The average Bonchev–Trinajstić information content (AvgIpc) is 2.96. The highest BCUT2D eigenvalue weighted by Gasteiger charge is 2.21. The van der Waals surface area contributed by atoms with Crippen LogP contribution in [0.4, 0.5) is 0 Å². The molecule has 0 saturated carbocycles. The molecule has 4 rings (SSSR count). The summed E-state index contributed by atoms with van der Waals surface area (Å²) in [7, 11) is 0. The van der Waals surface area contributed by atoms with E-state index < -0.39 is 0 Å². The standard InChI is InChI=1S/C22H19NO/c1-3-19-15(2)13-14-20-17-11-7-8-12-18(17)21(23(19)20)22(24)16-9-5-4-6-10-16/h4-14H,3H2,1-2H3. The van der Waals surface area contributed by atoms with Crippen molar-refractivity contribution in [2.75, 3.05) is 0 Å². The quantitative estimate of drug-likeness (QED) is 0.477. The number of carbonyl (C=O) groups excluding carboxylic acids is 1. The number of aryl methyl sites for hydroxylation is 2. The molecule has 24 heavy (non-hydrogen) atoms. The van der Waals surface area contributed by atoms with Gasteiger partial charge in [-0.3, -0.25) is 4.79 Å². The van der Waals surface area contributed by atoms with E-state index in [0.717, 1.165) is 34.0 Å². The summed E-state index contributed by atoms with van der Waals surface area (Å²) in [5.41, 5.74) is 5.02. The molecule has 2 aromatic carbocycles. The van der Waals surface area contributed by atoms with Crippen LogP contribution in [0.2, 0.25) is 0 Å². The van der Waals surface area contributed by atoms with E-state index in [1.54, 1.807) is 0 Å². The summed E-state index contributed by atoms with van der Waals surface area (Å²) in [5, 5.41) is 2.15. The van der Waals surface area contributed by atoms with Gasteiger partial charge in [0.15, 0.2) is 0 Å². The molecular formula is C22H19NO. The van der Waals surface area contributed by atoms with E-state index in [9.17, 15) is 4.79 Å². The van der Waals surface area contributed by atoms with Crippen molar-refractivity contribution in [3.63, 3.8) is 0 Å². The van der Waals surface area contributed by atoms with Gasteiger partial charge in [-0.1, -0.05) is 67.6 Å². The van der Waals surface area contributed by atoms with Crippen LogP contribution in [-0.4, -0.2) is 10.2 Å². The van der Waals surface area contributed by atoms with Crippen LogP contribution >= 0.6 is 0 Å². The number of carbonyl (C=O) groups is 1. The molecule has 0 N–H and O–H groups in total. The van der Waals surface area contributed by atoms with Gasteiger partial charge in [0.1, 0.15) is 5.69 Å². The van der Waals surface area contributed by atoms with Crippen molar-refractivity contribution in [3.05, 3.63) is 89.2 Å². The van der Waals surface area contributed by atoms with E-state index in [-0.39, 0.29) is 5.78 Å². The summed E-state index contributed by atoms with van der Waals surface area (Å²) < 4.78 is 2.16. The van der Waals surface area contributed by atoms with Crippen LogP contribution in [0.15, 0.2) is 66.7 Å². The van der Waals surface area contributed by atoms with Crippen molar-refractivity contribution in [3.8, 4) is 0 Å². The third-order valence-electron chi connectivity index (χ3n) is 4.72. The Kier molecular flexibility index (Phi) is 3.46. The van der Waals surface area contributed by atoms with Crippen molar-refractivity contribution in [1.82, 2.24) is 4.40 Å². The monoisotopic (exact) mass is 313 g/mol. The number of hydrogen-bond acceptors (Lipinski definition) is 1. The minimum Gasteiger partial charge on any atom is -0.309 e. The third kappa shape index (κ3) is 2.07. The fraction of sp³-hybridized carbons (Fsp3) is 0.136. The number of pyridine rings is 1. The van der Waals surface area contributed by atoms with Crippen molar-refractivity contribution < 1.29 is 4.79 Å². The molecule has 0 bridgehead atoms. The maximum Gasteiger partial charge on any atom is 0.210 e. The van der Waals surface area contributed by atoms with Crippen molar-refractivity contribution in [2.45, 2.75) is 20.3 Å². The first kappa shape index (κ1) is 14.7. The van der Waals surface area contributed by atoms with Gasteiger partial charge in [-0.05, 0) is 25.0 Å². The number of benzene rings is 2. The van der Waals surface area contributed by atoms with Gasteiger partial charge < -0.3 is 4.40 Å². The van der Waals surface area contributed by atoms with E-state index in [1.807, 2.05) is 48.5 Å². The Labute approximate surface area is 141 Å². The lowest BCUT2D eigenvalue weighted by atomic mass is 10.0. The summed E-state index contributed by atoms with van der Waals surface area (Å²) >= 11 is 0. The largest absolute Gasteiger partial charge is 0.309 e. The SMILES string of the molecule is CCc1c(C)ccc2c3ccccc3c(C(=O)c3ccccc3)n12. The normalized spacial score (nSPS) is 11.2. The minimum absolute atomic E-state index is 0.0760. The zero-order valence-corrected chi connectivity index (χ0v) is 13.9. The molecule has 2 aromatic heterocycles. The first-order valence-corrected chi connectivity index (χ1v) is 8.33. The fourth-order valence-corrected chi connectivity index (χ4v) is 3.58. The molecule has 0 atom stereocenters. The van der Waals surface area contributed by atoms with Crippen LogP contribution in [0.5, 0.6) is 0 Å². The second-order valence-corrected chi connectivity index (χ2v) is 6.13. The van der Waals surface area contributed by atoms with Gasteiger partial charge in [-0.25, -0.2) is 0 Å². The molecule has 0 aliphatic rings. The lowest BCUT2D eigenvalue weighted by Gasteiger charge is -2.11. The average molecular weight is 313 g/mol. The zero-order chi connectivity index (χ0) is 16.7. The summed E-state index contributed by atoms with van der Waals surface area (Å²) in [4.78, 5) is 13.3. The Bertz CT molecular complexity index is 1060. The second-order valence-electron chi connectivity index (χ2n) is 6.13. The van der Waals surface area contributed by atoms with Crippen LogP contribution in [0.25, 0.3) is 16.3 Å². The van der Waals surface area contributed by atoms with Gasteiger partial charge in [-0.2, -0.15) is 0 Å².